The number of carbonyl (C=O) groups excluding carboxylic acids is 2. The highest BCUT2D eigenvalue weighted by molar-refractivity contribution is 5.78. The SMILES string of the molecule is COc1ccc(C(NC(=O)COc2ccc(C=O)cc2)c2nccn2C)cc1. The lowest BCUT2D eigenvalue weighted by Gasteiger charge is -2.19. The molecule has 1 atom stereocenters. The summed E-state index contributed by atoms with van der Waals surface area (Å²) in [4.78, 5) is 27.6. The van der Waals surface area contributed by atoms with E-state index in [0.29, 0.717) is 17.1 Å². The first-order valence-electron chi connectivity index (χ1n) is 8.69. The van der Waals surface area contributed by atoms with Crippen LogP contribution in [0.5, 0.6) is 11.5 Å². The van der Waals surface area contributed by atoms with Crippen molar-refractivity contribution in [3.8, 4) is 11.5 Å². The molecule has 1 amide bonds. The molecule has 3 aromatic rings. The van der Waals surface area contributed by atoms with E-state index in [1.807, 2.05) is 42.1 Å². The topological polar surface area (TPSA) is 82.4 Å². The molecule has 0 bridgehead atoms. The quantitative estimate of drug-likeness (QED) is 0.608. The predicted molar refractivity (Wildman–Crippen MR) is 104 cm³/mol. The summed E-state index contributed by atoms with van der Waals surface area (Å²) in [5, 5.41) is 2.96. The van der Waals surface area contributed by atoms with E-state index in [9.17, 15) is 9.59 Å². The first-order valence-corrected chi connectivity index (χ1v) is 8.69. The number of hydrogen-bond acceptors (Lipinski definition) is 5. The first-order chi connectivity index (χ1) is 13.6. The van der Waals surface area contributed by atoms with Crippen molar-refractivity contribution in [3.63, 3.8) is 0 Å². The molecular weight excluding hydrogens is 358 g/mol. The zero-order valence-corrected chi connectivity index (χ0v) is 15.7. The maximum atomic E-state index is 12.5. The van der Waals surface area contributed by atoms with Gasteiger partial charge in [-0.2, -0.15) is 0 Å². The van der Waals surface area contributed by atoms with Gasteiger partial charge in [0.15, 0.2) is 6.61 Å². The third kappa shape index (κ3) is 4.56. The zero-order valence-electron chi connectivity index (χ0n) is 15.7. The van der Waals surface area contributed by atoms with Gasteiger partial charge in [0.2, 0.25) is 0 Å². The molecule has 1 unspecified atom stereocenters. The van der Waals surface area contributed by atoms with E-state index in [1.165, 1.54) is 0 Å². The molecule has 144 valence electrons. The second-order valence-corrected chi connectivity index (χ2v) is 6.15. The van der Waals surface area contributed by atoms with Crippen LogP contribution in [0, 0.1) is 0 Å². The molecule has 0 fully saturated rings. The fourth-order valence-corrected chi connectivity index (χ4v) is 2.74. The summed E-state index contributed by atoms with van der Waals surface area (Å²) in [6.07, 6.45) is 4.26. The maximum Gasteiger partial charge on any atom is 0.258 e. The van der Waals surface area contributed by atoms with Gasteiger partial charge >= 0.3 is 0 Å². The Labute approximate surface area is 162 Å². The number of aldehydes is 1. The van der Waals surface area contributed by atoms with E-state index >= 15 is 0 Å². The van der Waals surface area contributed by atoms with Crippen LogP contribution in [-0.4, -0.2) is 35.5 Å². The average molecular weight is 379 g/mol. The fraction of sp³-hybridized carbons (Fsp3) is 0.190. The summed E-state index contributed by atoms with van der Waals surface area (Å²) < 4.78 is 12.6. The standard InChI is InChI=1S/C21H21N3O4/c1-24-12-11-22-21(24)20(16-5-9-17(27-2)10-6-16)23-19(26)14-28-18-7-3-15(13-25)4-8-18/h3-13,20H,14H2,1-2H3,(H,23,26). The Morgan fingerprint density at radius 2 is 1.82 bits per heavy atom. The smallest absolute Gasteiger partial charge is 0.258 e. The number of imidazole rings is 1. The monoisotopic (exact) mass is 379 g/mol. The molecule has 1 heterocycles. The summed E-state index contributed by atoms with van der Waals surface area (Å²) >= 11 is 0. The second kappa shape index (κ2) is 8.85. The number of nitrogens with one attached hydrogen (secondary N) is 1. The summed E-state index contributed by atoms with van der Waals surface area (Å²) in [7, 11) is 3.47. The minimum Gasteiger partial charge on any atom is -0.497 e. The van der Waals surface area contributed by atoms with Gasteiger partial charge in [-0.15, -0.1) is 0 Å². The molecule has 7 heteroatoms. The molecule has 1 N–H and O–H groups in total. The summed E-state index contributed by atoms with van der Waals surface area (Å²) in [6.45, 7) is -0.155. The number of aryl methyl sites for hydroxylation is 1. The Balaban J connectivity index is 1.72. The minimum atomic E-state index is -0.431. The van der Waals surface area contributed by atoms with E-state index in [1.54, 1.807) is 37.6 Å². The van der Waals surface area contributed by atoms with Crippen LogP contribution in [0.1, 0.15) is 27.8 Å². The normalized spacial score (nSPS) is 11.5. The van der Waals surface area contributed by atoms with Crippen molar-refractivity contribution in [2.24, 2.45) is 7.05 Å². The number of hydrogen-bond donors (Lipinski definition) is 1. The van der Waals surface area contributed by atoms with E-state index in [0.717, 1.165) is 17.6 Å². The highest BCUT2D eigenvalue weighted by atomic mass is 16.5. The summed E-state index contributed by atoms with van der Waals surface area (Å²) in [6, 6.07) is 13.6. The minimum absolute atomic E-state index is 0.155. The van der Waals surface area contributed by atoms with Gasteiger partial charge in [-0.25, -0.2) is 4.98 Å². The molecule has 0 aliphatic heterocycles. The van der Waals surface area contributed by atoms with Crippen LogP contribution in [0.3, 0.4) is 0 Å². The van der Waals surface area contributed by atoms with Crippen molar-refractivity contribution >= 4 is 12.2 Å². The van der Waals surface area contributed by atoms with Gasteiger partial charge in [0.05, 0.1) is 7.11 Å². The van der Waals surface area contributed by atoms with Crippen molar-refractivity contribution in [2.75, 3.05) is 13.7 Å². The Bertz CT molecular complexity index is 933. The highest BCUT2D eigenvalue weighted by Gasteiger charge is 2.21. The summed E-state index contributed by atoms with van der Waals surface area (Å²) in [5.41, 5.74) is 1.42. The highest BCUT2D eigenvalue weighted by Crippen LogP contribution is 2.23. The lowest BCUT2D eigenvalue weighted by atomic mass is 10.1. The molecule has 0 spiro atoms. The molecule has 0 saturated carbocycles. The number of nitrogens with zero attached hydrogens (tertiary/aromatic N) is 2. The number of aromatic nitrogens is 2. The van der Waals surface area contributed by atoms with Gasteiger partial charge in [0, 0.05) is 25.0 Å². The molecule has 0 saturated heterocycles. The first kappa shape index (κ1) is 19.2. The molecule has 0 aliphatic carbocycles. The van der Waals surface area contributed by atoms with Crippen molar-refractivity contribution < 1.29 is 19.1 Å². The molecular formula is C21H21N3O4. The second-order valence-electron chi connectivity index (χ2n) is 6.15. The molecule has 0 radical (unpaired) electrons. The van der Waals surface area contributed by atoms with Gasteiger partial charge in [-0.1, -0.05) is 12.1 Å². The molecule has 2 aromatic carbocycles. The van der Waals surface area contributed by atoms with E-state index in [4.69, 9.17) is 9.47 Å². The summed E-state index contributed by atoms with van der Waals surface area (Å²) in [5.74, 6) is 1.66. The third-order valence-corrected chi connectivity index (χ3v) is 4.26. The Kier molecular flexibility index (Phi) is 6.06. The van der Waals surface area contributed by atoms with Crippen molar-refractivity contribution in [1.29, 1.82) is 0 Å². The lowest BCUT2D eigenvalue weighted by molar-refractivity contribution is -0.123. The largest absolute Gasteiger partial charge is 0.497 e. The third-order valence-electron chi connectivity index (χ3n) is 4.26. The fourth-order valence-electron chi connectivity index (χ4n) is 2.74. The van der Waals surface area contributed by atoms with Gasteiger partial charge in [-0.3, -0.25) is 9.59 Å². The number of carbonyl (C=O) groups is 2. The predicted octanol–water partition coefficient (Wildman–Crippen LogP) is 2.53. The van der Waals surface area contributed by atoms with Crippen LogP contribution in [-0.2, 0) is 11.8 Å². The Morgan fingerprint density at radius 1 is 1.14 bits per heavy atom. The van der Waals surface area contributed by atoms with Crippen molar-refractivity contribution in [1.82, 2.24) is 14.9 Å². The number of benzene rings is 2. The zero-order chi connectivity index (χ0) is 19.9. The number of ether oxygens (including phenoxy) is 2. The molecule has 0 aliphatic rings. The number of methoxy groups -OCH3 is 1. The van der Waals surface area contributed by atoms with Gasteiger partial charge in [0.1, 0.15) is 29.7 Å². The van der Waals surface area contributed by atoms with Crippen LogP contribution in [0.15, 0.2) is 60.9 Å². The lowest BCUT2D eigenvalue weighted by Crippen LogP contribution is -2.34. The maximum absolute atomic E-state index is 12.5. The van der Waals surface area contributed by atoms with Crippen LogP contribution in [0.4, 0.5) is 0 Å². The van der Waals surface area contributed by atoms with Crippen LogP contribution in [0.25, 0.3) is 0 Å². The van der Waals surface area contributed by atoms with Gasteiger partial charge < -0.3 is 19.4 Å². The van der Waals surface area contributed by atoms with Gasteiger partial charge in [0.25, 0.3) is 5.91 Å². The van der Waals surface area contributed by atoms with Crippen LogP contribution in [0.2, 0.25) is 0 Å². The van der Waals surface area contributed by atoms with E-state index < -0.39 is 6.04 Å². The van der Waals surface area contributed by atoms with E-state index in [-0.39, 0.29) is 12.5 Å². The van der Waals surface area contributed by atoms with Crippen LogP contribution >= 0.6 is 0 Å². The van der Waals surface area contributed by atoms with E-state index in [2.05, 4.69) is 10.3 Å². The number of rotatable bonds is 8. The van der Waals surface area contributed by atoms with Crippen LogP contribution < -0.4 is 14.8 Å². The Morgan fingerprint density at radius 3 is 2.39 bits per heavy atom. The molecule has 1 aromatic heterocycles. The Hall–Kier alpha value is -3.61. The molecule has 28 heavy (non-hydrogen) atoms. The van der Waals surface area contributed by atoms with Crippen molar-refractivity contribution in [3.05, 3.63) is 77.9 Å². The molecule has 3 rings (SSSR count). The average Bonchev–Trinajstić information content (AvgIpc) is 3.16. The van der Waals surface area contributed by atoms with Crippen molar-refractivity contribution in [2.45, 2.75) is 6.04 Å². The molecule has 7 nitrogen and oxygen atoms in total. The number of amides is 1. The van der Waals surface area contributed by atoms with Gasteiger partial charge in [-0.05, 0) is 42.0 Å².